The van der Waals surface area contributed by atoms with Gasteiger partial charge in [-0.2, -0.15) is 18.3 Å². The van der Waals surface area contributed by atoms with Crippen LogP contribution in [0.3, 0.4) is 0 Å². The second-order valence-electron chi connectivity index (χ2n) is 6.20. The summed E-state index contributed by atoms with van der Waals surface area (Å²) in [5.41, 5.74) is 0.282. The normalized spacial score (nSPS) is 13.3. The summed E-state index contributed by atoms with van der Waals surface area (Å²) >= 11 is 6.17. The number of para-hydroxylation sites is 2. The summed E-state index contributed by atoms with van der Waals surface area (Å²) in [4.78, 5) is 10.8. The summed E-state index contributed by atoms with van der Waals surface area (Å²) in [5, 5.41) is 19.0. The molecule has 3 aromatic rings. The summed E-state index contributed by atoms with van der Waals surface area (Å²) in [5.74, 6) is 0.512. The third kappa shape index (κ3) is 2.97. The molecule has 6 nitrogen and oxygen atoms in total. The van der Waals surface area contributed by atoms with Gasteiger partial charge in [-0.05, 0) is 30.7 Å². The van der Waals surface area contributed by atoms with E-state index in [-0.39, 0.29) is 27.7 Å². The lowest BCUT2D eigenvalue weighted by molar-refractivity contribution is -0.384. The highest BCUT2D eigenvalue weighted by atomic mass is 35.5. The molecule has 0 radical (unpaired) electrons. The highest BCUT2D eigenvalue weighted by molar-refractivity contribution is 6.33. The van der Waals surface area contributed by atoms with E-state index in [1.807, 2.05) is 0 Å². The van der Waals surface area contributed by atoms with Gasteiger partial charge in [-0.1, -0.05) is 23.7 Å². The van der Waals surface area contributed by atoms with E-state index >= 15 is 0 Å². The zero-order valence-electron chi connectivity index (χ0n) is 14.1. The first kappa shape index (κ1) is 18.3. The minimum atomic E-state index is -4.53. The minimum Gasteiger partial charge on any atom is -0.369 e. The van der Waals surface area contributed by atoms with Crippen LogP contribution in [-0.4, -0.2) is 21.2 Å². The number of nitro groups is 1. The first-order valence-corrected chi connectivity index (χ1v) is 8.62. The Morgan fingerprint density at radius 1 is 1.21 bits per heavy atom. The van der Waals surface area contributed by atoms with Crippen molar-refractivity contribution in [2.75, 3.05) is 11.9 Å². The fourth-order valence-corrected chi connectivity index (χ4v) is 3.45. The summed E-state index contributed by atoms with van der Waals surface area (Å²) in [6, 6.07) is 9.07. The standard InChI is InChI=1S/C18H12ClF3N4O2/c19-13-6-5-10(18(20,21)22)9-12(13)16-11-7-8-23-17(11)25(24-16)14-3-1-2-4-15(14)26(27)28/h1-6,9,23H,7-8H2. The molecule has 0 saturated carbocycles. The topological polar surface area (TPSA) is 73.0 Å². The maximum Gasteiger partial charge on any atom is 0.416 e. The number of rotatable bonds is 3. The smallest absolute Gasteiger partial charge is 0.369 e. The van der Waals surface area contributed by atoms with Gasteiger partial charge in [0, 0.05) is 23.7 Å². The van der Waals surface area contributed by atoms with Gasteiger partial charge in [-0.3, -0.25) is 10.1 Å². The molecule has 0 bridgehead atoms. The Morgan fingerprint density at radius 2 is 1.96 bits per heavy atom. The monoisotopic (exact) mass is 408 g/mol. The van der Waals surface area contributed by atoms with Gasteiger partial charge in [0.25, 0.3) is 5.69 Å². The Morgan fingerprint density at radius 3 is 2.68 bits per heavy atom. The Bertz CT molecular complexity index is 1090. The van der Waals surface area contributed by atoms with E-state index in [9.17, 15) is 23.3 Å². The van der Waals surface area contributed by atoms with Crippen molar-refractivity contribution in [3.8, 4) is 16.9 Å². The molecule has 0 spiro atoms. The molecule has 0 aliphatic carbocycles. The molecule has 28 heavy (non-hydrogen) atoms. The maximum absolute atomic E-state index is 13.1. The summed E-state index contributed by atoms with van der Waals surface area (Å²) in [6.45, 7) is 0.539. The fourth-order valence-electron chi connectivity index (χ4n) is 3.25. The number of nitrogens with zero attached hydrogens (tertiary/aromatic N) is 3. The summed E-state index contributed by atoms with van der Waals surface area (Å²) < 4.78 is 40.8. The number of anilines is 1. The van der Waals surface area contributed by atoms with Crippen molar-refractivity contribution in [2.24, 2.45) is 0 Å². The van der Waals surface area contributed by atoms with Gasteiger partial charge in [0.2, 0.25) is 0 Å². The first-order chi connectivity index (χ1) is 13.3. The SMILES string of the molecule is O=[N+]([O-])c1ccccc1-n1nc(-c2cc(C(F)(F)F)ccc2Cl)c2c1NCC2. The van der Waals surface area contributed by atoms with Crippen molar-refractivity contribution in [1.29, 1.82) is 0 Å². The Kier molecular flexibility index (Phi) is 4.26. The molecule has 2 aromatic carbocycles. The average Bonchev–Trinajstić information content (AvgIpc) is 3.24. The minimum absolute atomic E-state index is 0.120. The van der Waals surface area contributed by atoms with Gasteiger partial charge in [0.05, 0.1) is 21.2 Å². The van der Waals surface area contributed by atoms with Crippen LogP contribution in [0.25, 0.3) is 16.9 Å². The van der Waals surface area contributed by atoms with Crippen LogP contribution in [-0.2, 0) is 12.6 Å². The van der Waals surface area contributed by atoms with Crippen LogP contribution in [0.15, 0.2) is 42.5 Å². The molecule has 0 amide bonds. The maximum atomic E-state index is 13.1. The highest BCUT2D eigenvalue weighted by Crippen LogP contribution is 2.41. The lowest BCUT2D eigenvalue weighted by Crippen LogP contribution is -2.07. The molecule has 0 atom stereocenters. The number of alkyl halides is 3. The van der Waals surface area contributed by atoms with Gasteiger partial charge < -0.3 is 5.32 Å². The van der Waals surface area contributed by atoms with Crippen LogP contribution in [0.1, 0.15) is 11.1 Å². The van der Waals surface area contributed by atoms with Crippen LogP contribution in [0.2, 0.25) is 5.02 Å². The van der Waals surface area contributed by atoms with Crippen molar-refractivity contribution >= 4 is 23.1 Å². The predicted molar refractivity (Wildman–Crippen MR) is 97.9 cm³/mol. The summed E-state index contributed by atoms with van der Waals surface area (Å²) in [6.07, 6.45) is -4.01. The van der Waals surface area contributed by atoms with Crippen molar-refractivity contribution in [3.05, 3.63) is 68.7 Å². The molecule has 10 heteroatoms. The number of nitro benzene ring substituents is 1. The van der Waals surface area contributed by atoms with Gasteiger partial charge >= 0.3 is 6.18 Å². The molecule has 1 aromatic heterocycles. The molecule has 1 N–H and O–H groups in total. The summed E-state index contributed by atoms with van der Waals surface area (Å²) in [7, 11) is 0. The Labute approximate surface area is 161 Å². The Balaban J connectivity index is 1.94. The molecule has 1 aliphatic rings. The number of halogens is 4. The third-order valence-electron chi connectivity index (χ3n) is 4.51. The van der Waals surface area contributed by atoms with E-state index in [1.54, 1.807) is 6.07 Å². The fraction of sp³-hybridized carbons (Fsp3) is 0.167. The largest absolute Gasteiger partial charge is 0.416 e. The second-order valence-corrected chi connectivity index (χ2v) is 6.61. The molecular weight excluding hydrogens is 397 g/mol. The number of nitrogens with one attached hydrogen (secondary N) is 1. The number of aromatic nitrogens is 2. The van der Waals surface area contributed by atoms with Crippen molar-refractivity contribution < 1.29 is 18.1 Å². The van der Waals surface area contributed by atoms with Gasteiger partial charge in [0.1, 0.15) is 11.5 Å². The van der Waals surface area contributed by atoms with Crippen LogP contribution < -0.4 is 5.32 Å². The zero-order chi connectivity index (χ0) is 20.1. The van der Waals surface area contributed by atoms with Crippen molar-refractivity contribution in [3.63, 3.8) is 0 Å². The first-order valence-electron chi connectivity index (χ1n) is 8.24. The predicted octanol–water partition coefficient (Wildman–Crippen LogP) is 5.09. The van der Waals surface area contributed by atoms with Crippen LogP contribution in [0.4, 0.5) is 24.7 Å². The Hall–Kier alpha value is -3.07. The van der Waals surface area contributed by atoms with Crippen LogP contribution in [0.5, 0.6) is 0 Å². The molecule has 1 aliphatic heterocycles. The van der Waals surface area contributed by atoms with Crippen molar-refractivity contribution in [1.82, 2.24) is 9.78 Å². The van der Waals surface area contributed by atoms with E-state index in [4.69, 9.17) is 11.6 Å². The van der Waals surface area contributed by atoms with E-state index < -0.39 is 16.7 Å². The molecule has 144 valence electrons. The molecule has 0 unspecified atom stereocenters. The third-order valence-corrected chi connectivity index (χ3v) is 4.84. The molecule has 0 saturated heterocycles. The van der Waals surface area contributed by atoms with Gasteiger partial charge in [-0.15, -0.1) is 0 Å². The average molecular weight is 409 g/mol. The quantitative estimate of drug-likeness (QED) is 0.484. The van der Waals surface area contributed by atoms with E-state index in [1.165, 1.54) is 28.9 Å². The van der Waals surface area contributed by atoms with Crippen molar-refractivity contribution in [2.45, 2.75) is 12.6 Å². The second kappa shape index (κ2) is 6.52. The van der Waals surface area contributed by atoms with Crippen LogP contribution >= 0.6 is 11.6 Å². The van der Waals surface area contributed by atoms with E-state index in [0.717, 1.165) is 12.1 Å². The van der Waals surface area contributed by atoms with Gasteiger partial charge in [0.15, 0.2) is 0 Å². The molecule has 0 fully saturated rings. The van der Waals surface area contributed by atoms with Crippen LogP contribution in [0, 0.1) is 10.1 Å². The number of benzene rings is 2. The highest BCUT2D eigenvalue weighted by Gasteiger charge is 2.33. The molecule has 2 heterocycles. The molecular formula is C18H12ClF3N4O2. The van der Waals surface area contributed by atoms with Gasteiger partial charge in [-0.25, -0.2) is 4.68 Å². The number of hydrogen-bond acceptors (Lipinski definition) is 4. The number of fused-ring (bicyclic) bond motifs is 1. The zero-order valence-corrected chi connectivity index (χ0v) is 14.9. The lowest BCUT2D eigenvalue weighted by atomic mass is 10.0. The lowest BCUT2D eigenvalue weighted by Gasteiger charge is -2.10. The van der Waals surface area contributed by atoms with E-state index in [0.29, 0.717) is 24.3 Å². The van der Waals surface area contributed by atoms with E-state index in [2.05, 4.69) is 10.4 Å². The number of hydrogen-bond donors (Lipinski definition) is 1. The molecule has 4 rings (SSSR count).